The Bertz CT molecular complexity index is 825. The second-order valence-electron chi connectivity index (χ2n) is 8.90. The van der Waals surface area contributed by atoms with Crippen LogP contribution in [-0.2, 0) is 0 Å². The Morgan fingerprint density at radius 3 is 2.27 bits per heavy atom. The highest BCUT2D eigenvalue weighted by Crippen LogP contribution is 2.59. The van der Waals surface area contributed by atoms with Gasteiger partial charge in [0.15, 0.2) is 0 Å². The summed E-state index contributed by atoms with van der Waals surface area (Å²) in [5.74, 6) is 2.92. The predicted molar refractivity (Wildman–Crippen MR) is 103 cm³/mol. The van der Waals surface area contributed by atoms with Crippen LogP contribution in [0.2, 0.25) is 0 Å². The second kappa shape index (κ2) is 5.90. The lowest BCUT2D eigenvalue weighted by Gasteiger charge is -2.56. The standard InChI is InChI=1S/C22H26N2O2/c25-20-6-2-3-17-18(20)4-1-5-19(17)24-21(26)23-13-22-10-14-7-15(11-22)9-16(8-14)12-22/h1-6,14-16,25H,7-13H2,(H2,23,24,26). The van der Waals surface area contributed by atoms with Crippen molar-refractivity contribution < 1.29 is 9.90 Å². The van der Waals surface area contributed by atoms with Crippen molar-refractivity contribution in [2.75, 3.05) is 11.9 Å². The number of rotatable bonds is 3. The normalized spacial score (nSPS) is 31.9. The molecule has 0 radical (unpaired) electrons. The first kappa shape index (κ1) is 16.0. The van der Waals surface area contributed by atoms with Crippen LogP contribution in [0, 0.1) is 23.2 Å². The quantitative estimate of drug-likeness (QED) is 0.738. The van der Waals surface area contributed by atoms with Gasteiger partial charge in [0, 0.05) is 17.3 Å². The Morgan fingerprint density at radius 2 is 1.58 bits per heavy atom. The number of urea groups is 1. The maximum atomic E-state index is 12.5. The largest absolute Gasteiger partial charge is 0.507 e. The minimum Gasteiger partial charge on any atom is -0.507 e. The molecule has 4 nitrogen and oxygen atoms in total. The van der Waals surface area contributed by atoms with Gasteiger partial charge in [0.25, 0.3) is 0 Å². The molecule has 0 saturated heterocycles. The van der Waals surface area contributed by atoms with E-state index in [9.17, 15) is 9.90 Å². The summed E-state index contributed by atoms with van der Waals surface area (Å²) in [5, 5.41) is 17.8. The van der Waals surface area contributed by atoms with Gasteiger partial charge in [0.05, 0.1) is 5.69 Å². The fraction of sp³-hybridized carbons (Fsp3) is 0.500. The highest BCUT2D eigenvalue weighted by atomic mass is 16.3. The number of amides is 2. The van der Waals surface area contributed by atoms with E-state index in [4.69, 9.17) is 0 Å². The number of phenols is 1. The number of carbonyl (C=O) groups excluding carboxylic acids is 1. The first-order valence-electron chi connectivity index (χ1n) is 9.86. The van der Waals surface area contributed by atoms with Gasteiger partial charge in [-0.1, -0.05) is 24.3 Å². The average molecular weight is 350 g/mol. The Labute approximate surface area is 154 Å². The zero-order chi connectivity index (χ0) is 17.7. The number of fused-ring (bicyclic) bond motifs is 1. The van der Waals surface area contributed by atoms with E-state index in [-0.39, 0.29) is 11.8 Å². The molecule has 0 aromatic heterocycles. The molecule has 4 bridgehead atoms. The fourth-order valence-corrected chi connectivity index (χ4v) is 6.34. The topological polar surface area (TPSA) is 61.4 Å². The molecule has 6 rings (SSSR count). The van der Waals surface area contributed by atoms with Gasteiger partial charge in [-0.15, -0.1) is 0 Å². The highest BCUT2D eigenvalue weighted by Gasteiger charge is 2.50. The summed E-state index contributed by atoms with van der Waals surface area (Å²) in [5.41, 5.74) is 1.07. The van der Waals surface area contributed by atoms with Gasteiger partial charge in [-0.25, -0.2) is 4.79 Å². The first-order valence-corrected chi connectivity index (χ1v) is 9.86. The predicted octanol–water partition coefficient (Wildman–Crippen LogP) is 4.88. The van der Waals surface area contributed by atoms with Crippen molar-refractivity contribution in [1.82, 2.24) is 5.32 Å². The first-order chi connectivity index (χ1) is 12.6. The lowest BCUT2D eigenvalue weighted by atomic mass is 9.49. The number of nitrogens with one attached hydrogen (secondary N) is 2. The fourth-order valence-electron chi connectivity index (χ4n) is 6.34. The molecule has 0 heterocycles. The number of hydrogen-bond acceptors (Lipinski definition) is 2. The molecule has 4 heteroatoms. The lowest BCUT2D eigenvalue weighted by Crippen LogP contribution is -2.51. The van der Waals surface area contributed by atoms with E-state index in [1.807, 2.05) is 24.3 Å². The van der Waals surface area contributed by atoms with Gasteiger partial charge in [-0.05, 0) is 73.8 Å². The third-order valence-electron chi connectivity index (χ3n) is 6.94. The van der Waals surface area contributed by atoms with Crippen LogP contribution in [-0.4, -0.2) is 17.7 Å². The van der Waals surface area contributed by atoms with Gasteiger partial charge in [-0.2, -0.15) is 0 Å². The minimum absolute atomic E-state index is 0.142. The molecule has 3 N–H and O–H groups in total. The molecule has 0 spiro atoms. The van der Waals surface area contributed by atoms with Crippen LogP contribution >= 0.6 is 0 Å². The summed E-state index contributed by atoms with van der Waals surface area (Å²) >= 11 is 0. The van der Waals surface area contributed by atoms with Crippen molar-refractivity contribution in [1.29, 1.82) is 0 Å². The van der Waals surface area contributed by atoms with Crippen LogP contribution in [0.1, 0.15) is 38.5 Å². The van der Waals surface area contributed by atoms with Gasteiger partial charge in [0.2, 0.25) is 0 Å². The molecule has 4 saturated carbocycles. The molecule has 2 aromatic carbocycles. The van der Waals surface area contributed by atoms with E-state index in [1.165, 1.54) is 38.5 Å². The monoisotopic (exact) mass is 350 g/mol. The Hall–Kier alpha value is -2.23. The van der Waals surface area contributed by atoms with E-state index in [1.54, 1.807) is 12.1 Å². The number of phenolic OH excluding ortho intramolecular Hbond substituents is 1. The Kier molecular flexibility index (Phi) is 3.63. The number of benzene rings is 2. The number of anilines is 1. The molecule has 2 amide bonds. The second-order valence-corrected chi connectivity index (χ2v) is 8.90. The van der Waals surface area contributed by atoms with Crippen molar-refractivity contribution in [2.24, 2.45) is 23.2 Å². The van der Waals surface area contributed by atoms with Gasteiger partial charge < -0.3 is 15.7 Å². The van der Waals surface area contributed by atoms with Crippen LogP contribution in [0.4, 0.5) is 10.5 Å². The Morgan fingerprint density at radius 1 is 0.962 bits per heavy atom. The summed E-state index contributed by atoms with van der Waals surface area (Å²) in [4.78, 5) is 12.5. The third kappa shape index (κ3) is 2.72. The number of hydrogen-bond donors (Lipinski definition) is 3. The third-order valence-corrected chi connectivity index (χ3v) is 6.94. The maximum Gasteiger partial charge on any atom is 0.319 e. The van der Waals surface area contributed by atoms with Crippen molar-refractivity contribution in [3.05, 3.63) is 36.4 Å². The zero-order valence-corrected chi connectivity index (χ0v) is 15.0. The summed E-state index contributed by atoms with van der Waals surface area (Å²) in [6.45, 7) is 0.790. The molecule has 4 fully saturated rings. The molecule has 0 aliphatic heterocycles. The van der Waals surface area contributed by atoms with Gasteiger partial charge in [0.1, 0.15) is 5.75 Å². The molecule has 0 atom stereocenters. The lowest BCUT2D eigenvalue weighted by molar-refractivity contribution is -0.0496. The molecule has 26 heavy (non-hydrogen) atoms. The summed E-state index contributed by atoms with van der Waals surface area (Å²) in [6, 6.07) is 10.8. The molecule has 2 aromatic rings. The van der Waals surface area contributed by atoms with E-state index in [0.717, 1.165) is 40.8 Å². The maximum absolute atomic E-state index is 12.5. The number of aromatic hydroxyl groups is 1. The van der Waals surface area contributed by atoms with Crippen LogP contribution < -0.4 is 10.6 Å². The zero-order valence-electron chi connectivity index (χ0n) is 15.0. The van der Waals surface area contributed by atoms with E-state index in [2.05, 4.69) is 10.6 Å². The molecule has 0 unspecified atom stereocenters. The smallest absolute Gasteiger partial charge is 0.319 e. The van der Waals surface area contributed by atoms with Gasteiger partial charge in [-0.3, -0.25) is 0 Å². The van der Waals surface area contributed by atoms with Gasteiger partial charge >= 0.3 is 6.03 Å². The average Bonchev–Trinajstić information content (AvgIpc) is 2.60. The summed E-state index contributed by atoms with van der Waals surface area (Å²) in [6.07, 6.45) is 8.14. The van der Waals surface area contributed by atoms with Crippen LogP contribution in [0.3, 0.4) is 0 Å². The van der Waals surface area contributed by atoms with E-state index < -0.39 is 0 Å². The van der Waals surface area contributed by atoms with Crippen molar-refractivity contribution in [3.63, 3.8) is 0 Å². The minimum atomic E-state index is -0.142. The molecular weight excluding hydrogens is 324 g/mol. The Balaban J connectivity index is 1.28. The SMILES string of the molecule is O=C(NCC12CC3CC(CC(C3)C1)C2)Nc1cccc2c(O)cccc12. The van der Waals surface area contributed by atoms with Crippen molar-refractivity contribution >= 4 is 22.5 Å². The van der Waals surface area contributed by atoms with Crippen LogP contribution in [0.25, 0.3) is 10.8 Å². The molecular formula is C22H26N2O2. The molecule has 136 valence electrons. The summed E-state index contributed by atoms with van der Waals surface area (Å²) < 4.78 is 0. The van der Waals surface area contributed by atoms with Crippen molar-refractivity contribution in [2.45, 2.75) is 38.5 Å². The number of carbonyl (C=O) groups is 1. The van der Waals surface area contributed by atoms with E-state index in [0.29, 0.717) is 5.41 Å². The molecule has 4 aliphatic carbocycles. The van der Waals surface area contributed by atoms with Crippen LogP contribution in [0.5, 0.6) is 5.75 Å². The molecule has 4 aliphatic rings. The highest BCUT2D eigenvalue weighted by molar-refractivity contribution is 6.03. The van der Waals surface area contributed by atoms with E-state index >= 15 is 0 Å². The van der Waals surface area contributed by atoms with Crippen LogP contribution in [0.15, 0.2) is 36.4 Å². The summed E-state index contributed by atoms with van der Waals surface area (Å²) in [7, 11) is 0. The van der Waals surface area contributed by atoms with Crippen molar-refractivity contribution in [3.8, 4) is 5.75 Å².